The van der Waals surface area contributed by atoms with Gasteiger partial charge in [0.25, 0.3) is 0 Å². The smallest absolute Gasteiger partial charge is 0.114 e. The van der Waals surface area contributed by atoms with Crippen LogP contribution in [-0.2, 0) is 18.4 Å². The van der Waals surface area contributed by atoms with Gasteiger partial charge in [0.1, 0.15) is 5.82 Å². The lowest BCUT2D eigenvalue weighted by atomic mass is 9.83. The standard InChI is InChI=1S/C18H31N3/c1-5-13-6-8-14(9-7-13)21-16-10-11-19-12-15(16)20-17(21)18(2,3)4/h13-14,19H,5-12H2,1-4H3. The van der Waals surface area contributed by atoms with Gasteiger partial charge in [-0.15, -0.1) is 0 Å². The molecule has 0 bridgehead atoms. The quantitative estimate of drug-likeness (QED) is 0.893. The molecule has 2 aliphatic rings. The molecule has 1 N–H and O–H groups in total. The van der Waals surface area contributed by atoms with Crippen molar-refractivity contribution in [3.63, 3.8) is 0 Å². The Balaban J connectivity index is 1.94. The summed E-state index contributed by atoms with van der Waals surface area (Å²) in [6.45, 7) is 11.3. The highest BCUT2D eigenvalue weighted by atomic mass is 15.2. The zero-order valence-electron chi connectivity index (χ0n) is 14.2. The van der Waals surface area contributed by atoms with E-state index in [1.54, 1.807) is 0 Å². The van der Waals surface area contributed by atoms with Crippen LogP contribution in [0.4, 0.5) is 0 Å². The Morgan fingerprint density at radius 1 is 1.19 bits per heavy atom. The maximum atomic E-state index is 5.04. The summed E-state index contributed by atoms with van der Waals surface area (Å²) < 4.78 is 2.65. The van der Waals surface area contributed by atoms with Gasteiger partial charge in [0.2, 0.25) is 0 Å². The molecule has 1 fully saturated rings. The van der Waals surface area contributed by atoms with E-state index in [2.05, 4.69) is 37.6 Å². The fourth-order valence-corrected chi connectivity index (χ4v) is 4.07. The minimum atomic E-state index is 0.138. The maximum Gasteiger partial charge on any atom is 0.114 e. The third-order valence-electron chi connectivity index (χ3n) is 5.35. The van der Waals surface area contributed by atoms with E-state index in [1.165, 1.54) is 49.3 Å². The van der Waals surface area contributed by atoms with Gasteiger partial charge in [0.05, 0.1) is 5.69 Å². The number of nitrogens with one attached hydrogen (secondary N) is 1. The Bertz CT molecular complexity index is 487. The molecule has 21 heavy (non-hydrogen) atoms. The van der Waals surface area contributed by atoms with Crippen LogP contribution in [0.2, 0.25) is 0 Å². The van der Waals surface area contributed by atoms with Crippen LogP contribution in [0.5, 0.6) is 0 Å². The van der Waals surface area contributed by atoms with Gasteiger partial charge in [-0.2, -0.15) is 0 Å². The minimum absolute atomic E-state index is 0.138. The summed E-state index contributed by atoms with van der Waals surface area (Å²) >= 11 is 0. The average molecular weight is 289 g/mol. The molecule has 0 radical (unpaired) electrons. The molecule has 0 amide bonds. The average Bonchev–Trinajstić information content (AvgIpc) is 2.87. The maximum absolute atomic E-state index is 5.04. The van der Waals surface area contributed by atoms with Crippen molar-refractivity contribution >= 4 is 0 Å². The summed E-state index contributed by atoms with van der Waals surface area (Å²) in [5.41, 5.74) is 2.97. The first-order chi connectivity index (χ1) is 10.0. The third-order valence-corrected chi connectivity index (χ3v) is 5.35. The number of hydrogen-bond acceptors (Lipinski definition) is 2. The Hall–Kier alpha value is -0.830. The van der Waals surface area contributed by atoms with Gasteiger partial charge in [-0.25, -0.2) is 4.98 Å². The van der Waals surface area contributed by atoms with Crippen LogP contribution in [-0.4, -0.2) is 16.1 Å². The number of rotatable bonds is 2. The molecule has 0 saturated heterocycles. The first-order valence-corrected chi connectivity index (χ1v) is 8.82. The third kappa shape index (κ3) is 2.90. The second-order valence-corrected chi connectivity index (χ2v) is 7.96. The SMILES string of the molecule is CCC1CCC(n2c(C(C)(C)C)nc3c2CCNC3)CC1. The molecule has 3 heteroatoms. The van der Waals surface area contributed by atoms with Crippen molar-refractivity contribution in [2.24, 2.45) is 5.92 Å². The lowest BCUT2D eigenvalue weighted by molar-refractivity contribution is 0.256. The number of imidazole rings is 1. The molecule has 1 aromatic heterocycles. The Morgan fingerprint density at radius 3 is 2.52 bits per heavy atom. The van der Waals surface area contributed by atoms with Crippen LogP contribution in [0.15, 0.2) is 0 Å². The van der Waals surface area contributed by atoms with Crippen LogP contribution in [0, 0.1) is 5.92 Å². The van der Waals surface area contributed by atoms with E-state index >= 15 is 0 Å². The molecule has 0 spiro atoms. The summed E-state index contributed by atoms with van der Waals surface area (Å²) in [4.78, 5) is 5.04. The predicted octanol–water partition coefficient (Wildman–Crippen LogP) is 3.97. The largest absolute Gasteiger partial charge is 0.328 e. The fraction of sp³-hybridized carbons (Fsp3) is 0.833. The molecule has 0 aromatic carbocycles. The van der Waals surface area contributed by atoms with Crippen LogP contribution in [0.1, 0.15) is 83.1 Å². The predicted molar refractivity (Wildman–Crippen MR) is 87.6 cm³/mol. The summed E-state index contributed by atoms with van der Waals surface area (Å²) in [5.74, 6) is 2.27. The van der Waals surface area contributed by atoms with E-state index < -0.39 is 0 Å². The zero-order chi connectivity index (χ0) is 15.0. The van der Waals surface area contributed by atoms with Gasteiger partial charge in [-0.3, -0.25) is 0 Å². The van der Waals surface area contributed by atoms with Crippen LogP contribution >= 0.6 is 0 Å². The number of nitrogens with zero attached hydrogens (tertiary/aromatic N) is 2. The topological polar surface area (TPSA) is 29.9 Å². The molecule has 1 saturated carbocycles. The molecule has 0 atom stereocenters. The Morgan fingerprint density at radius 2 is 1.90 bits per heavy atom. The lowest BCUT2D eigenvalue weighted by Gasteiger charge is -2.33. The van der Waals surface area contributed by atoms with E-state index in [0.29, 0.717) is 6.04 Å². The molecule has 0 unspecified atom stereocenters. The second kappa shape index (κ2) is 5.75. The summed E-state index contributed by atoms with van der Waals surface area (Å²) in [6.07, 6.45) is 7.98. The molecule has 3 nitrogen and oxygen atoms in total. The Labute approximate surface area is 129 Å². The molecule has 2 heterocycles. The van der Waals surface area contributed by atoms with Crippen molar-refractivity contribution < 1.29 is 0 Å². The van der Waals surface area contributed by atoms with Crippen molar-refractivity contribution in [3.8, 4) is 0 Å². The molecule has 3 rings (SSSR count). The van der Waals surface area contributed by atoms with Crippen molar-refractivity contribution in [1.29, 1.82) is 0 Å². The van der Waals surface area contributed by atoms with Crippen molar-refractivity contribution in [2.75, 3.05) is 6.54 Å². The monoisotopic (exact) mass is 289 g/mol. The van der Waals surface area contributed by atoms with E-state index in [4.69, 9.17) is 4.98 Å². The van der Waals surface area contributed by atoms with Gasteiger partial charge in [0, 0.05) is 36.7 Å². The zero-order valence-corrected chi connectivity index (χ0v) is 14.2. The van der Waals surface area contributed by atoms with Gasteiger partial charge in [0.15, 0.2) is 0 Å². The van der Waals surface area contributed by atoms with E-state index in [1.807, 2.05) is 0 Å². The van der Waals surface area contributed by atoms with Crippen LogP contribution in [0.3, 0.4) is 0 Å². The number of hydrogen-bond donors (Lipinski definition) is 1. The summed E-state index contributed by atoms with van der Waals surface area (Å²) in [6, 6.07) is 0.691. The second-order valence-electron chi connectivity index (χ2n) is 7.96. The molecular weight excluding hydrogens is 258 g/mol. The highest BCUT2D eigenvalue weighted by molar-refractivity contribution is 5.24. The molecule has 1 aliphatic carbocycles. The van der Waals surface area contributed by atoms with Crippen LogP contribution < -0.4 is 5.32 Å². The molecule has 118 valence electrons. The van der Waals surface area contributed by atoms with Gasteiger partial charge < -0.3 is 9.88 Å². The minimum Gasteiger partial charge on any atom is -0.328 e. The van der Waals surface area contributed by atoms with E-state index in [9.17, 15) is 0 Å². The van der Waals surface area contributed by atoms with Gasteiger partial charge in [-0.1, -0.05) is 34.1 Å². The summed E-state index contributed by atoms with van der Waals surface area (Å²) in [7, 11) is 0. The lowest BCUT2D eigenvalue weighted by Crippen LogP contribution is -2.29. The van der Waals surface area contributed by atoms with E-state index in [0.717, 1.165) is 25.4 Å². The van der Waals surface area contributed by atoms with E-state index in [-0.39, 0.29) is 5.41 Å². The first kappa shape index (κ1) is 15.1. The van der Waals surface area contributed by atoms with Crippen LogP contribution in [0.25, 0.3) is 0 Å². The number of fused-ring (bicyclic) bond motifs is 1. The Kier molecular flexibility index (Phi) is 4.13. The van der Waals surface area contributed by atoms with Gasteiger partial charge in [-0.05, 0) is 31.6 Å². The highest BCUT2D eigenvalue weighted by Crippen LogP contribution is 2.38. The summed E-state index contributed by atoms with van der Waals surface area (Å²) in [5, 5.41) is 3.48. The molecule has 1 aliphatic heterocycles. The van der Waals surface area contributed by atoms with Crippen molar-refractivity contribution in [3.05, 3.63) is 17.2 Å². The molecular formula is C18H31N3. The number of aromatic nitrogens is 2. The first-order valence-electron chi connectivity index (χ1n) is 8.82. The normalized spacial score (nSPS) is 26.7. The van der Waals surface area contributed by atoms with Crippen molar-refractivity contribution in [2.45, 2.75) is 84.2 Å². The fourth-order valence-electron chi connectivity index (χ4n) is 4.07. The van der Waals surface area contributed by atoms with Crippen molar-refractivity contribution in [1.82, 2.24) is 14.9 Å². The highest BCUT2D eigenvalue weighted by Gasteiger charge is 2.32. The molecule has 1 aromatic rings. The van der Waals surface area contributed by atoms with Gasteiger partial charge >= 0.3 is 0 Å².